The number of benzene rings is 2. The monoisotopic (exact) mass is 254 g/mol. The Kier molecular flexibility index (Phi) is 2.95. The van der Waals surface area contributed by atoms with E-state index in [1.165, 1.54) is 11.3 Å². The molecule has 0 saturated carbocycles. The molecule has 0 saturated heterocycles. The van der Waals surface area contributed by atoms with Crippen molar-refractivity contribution in [2.45, 2.75) is 0 Å². The first-order valence-electron chi connectivity index (χ1n) is 5.75. The van der Waals surface area contributed by atoms with Crippen molar-refractivity contribution in [2.75, 3.05) is 0 Å². The van der Waals surface area contributed by atoms with Crippen LogP contribution in [0.4, 0.5) is 4.39 Å². The third-order valence-electron chi connectivity index (χ3n) is 2.83. The van der Waals surface area contributed by atoms with Gasteiger partial charge in [0.1, 0.15) is 0 Å². The lowest BCUT2D eigenvalue weighted by atomic mass is 10.1. The number of hydrogen-bond acceptors (Lipinski definition) is 1. The van der Waals surface area contributed by atoms with Crippen molar-refractivity contribution in [3.8, 4) is 21.6 Å². The summed E-state index contributed by atoms with van der Waals surface area (Å²) in [6, 6.07) is 21.5. The number of hydrogen-bond donors (Lipinski definition) is 0. The van der Waals surface area contributed by atoms with Gasteiger partial charge < -0.3 is 0 Å². The molecule has 0 spiro atoms. The van der Waals surface area contributed by atoms with Crippen molar-refractivity contribution < 1.29 is 4.39 Å². The van der Waals surface area contributed by atoms with E-state index in [1.807, 2.05) is 66.7 Å². The molecule has 0 aliphatic carbocycles. The van der Waals surface area contributed by atoms with Gasteiger partial charge in [0.25, 0.3) is 0 Å². The van der Waals surface area contributed by atoms with Crippen molar-refractivity contribution >= 4 is 11.3 Å². The third-order valence-corrected chi connectivity index (χ3v) is 3.80. The van der Waals surface area contributed by atoms with E-state index < -0.39 is 0 Å². The normalized spacial score (nSPS) is 10.5. The fraction of sp³-hybridized carbons (Fsp3) is 0. The molecular formula is C16H11FS. The summed E-state index contributed by atoms with van der Waals surface area (Å²) in [6.45, 7) is 0. The lowest BCUT2D eigenvalue weighted by Gasteiger charge is -1.96. The number of halogens is 1. The first-order chi connectivity index (χ1) is 8.84. The average Bonchev–Trinajstić information content (AvgIpc) is 2.83. The first kappa shape index (κ1) is 11.2. The minimum absolute atomic E-state index is 0.125. The zero-order valence-corrected chi connectivity index (χ0v) is 10.5. The molecule has 0 unspecified atom stereocenters. The Morgan fingerprint density at radius 2 is 1.28 bits per heavy atom. The minimum Gasteiger partial charge on any atom is -0.194 e. The maximum atomic E-state index is 14.0. The molecule has 0 nitrogen and oxygen atoms in total. The van der Waals surface area contributed by atoms with Gasteiger partial charge in [0, 0.05) is 10.4 Å². The molecule has 0 aliphatic rings. The van der Waals surface area contributed by atoms with Crippen LogP contribution in [-0.2, 0) is 0 Å². The van der Waals surface area contributed by atoms with Crippen LogP contribution in [0.25, 0.3) is 21.6 Å². The van der Waals surface area contributed by atoms with Gasteiger partial charge in [-0.1, -0.05) is 60.7 Å². The molecule has 0 radical (unpaired) electrons. The molecule has 0 aliphatic heterocycles. The molecule has 0 N–H and O–H groups in total. The highest BCUT2D eigenvalue weighted by Crippen LogP contribution is 2.35. The van der Waals surface area contributed by atoms with E-state index in [1.54, 1.807) is 0 Å². The lowest BCUT2D eigenvalue weighted by molar-refractivity contribution is 0.660. The highest BCUT2D eigenvalue weighted by molar-refractivity contribution is 7.14. The van der Waals surface area contributed by atoms with Gasteiger partial charge in [-0.15, -0.1) is 11.3 Å². The van der Waals surface area contributed by atoms with Gasteiger partial charge in [-0.05, 0) is 17.2 Å². The van der Waals surface area contributed by atoms with Crippen LogP contribution in [0.1, 0.15) is 0 Å². The summed E-state index contributed by atoms with van der Waals surface area (Å²) in [6.07, 6.45) is 0. The van der Waals surface area contributed by atoms with E-state index in [0.29, 0.717) is 5.56 Å². The molecular weight excluding hydrogens is 243 g/mol. The number of rotatable bonds is 2. The zero-order valence-electron chi connectivity index (χ0n) is 9.64. The first-order valence-corrected chi connectivity index (χ1v) is 6.56. The maximum Gasteiger partial charge on any atom is 0.184 e. The third kappa shape index (κ3) is 2.07. The summed E-state index contributed by atoms with van der Waals surface area (Å²) >= 11 is 1.20. The van der Waals surface area contributed by atoms with E-state index in [4.69, 9.17) is 0 Å². The van der Waals surface area contributed by atoms with Crippen molar-refractivity contribution in [1.82, 2.24) is 0 Å². The Morgan fingerprint density at radius 3 is 1.89 bits per heavy atom. The smallest absolute Gasteiger partial charge is 0.184 e. The highest BCUT2D eigenvalue weighted by atomic mass is 32.1. The van der Waals surface area contributed by atoms with E-state index >= 15 is 0 Å². The molecule has 1 aromatic heterocycles. The van der Waals surface area contributed by atoms with E-state index in [-0.39, 0.29) is 5.13 Å². The van der Waals surface area contributed by atoms with Crippen LogP contribution in [0.2, 0.25) is 0 Å². The molecule has 18 heavy (non-hydrogen) atoms. The van der Waals surface area contributed by atoms with Crippen LogP contribution in [0.5, 0.6) is 0 Å². The molecule has 0 atom stereocenters. The zero-order chi connectivity index (χ0) is 12.4. The Hall–Kier alpha value is -1.93. The topological polar surface area (TPSA) is 0 Å². The van der Waals surface area contributed by atoms with E-state index in [2.05, 4.69) is 0 Å². The second kappa shape index (κ2) is 4.75. The van der Waals surface area contributed by atoms with Crippen molar-refractivity contribution in [3.05, 3.63) is 71.9 Å². The molecule has 1 heterocycles. The molecule has 2 heteroatoms. The van der Waals surface area contributed by atoms with Crippen LogP contribution >= 0.6 is 11.3 Å². The van der Waals surface area contributed by atoms with E-state index in [9.17, 15) is 4.39 Å². The van der Waals surface area contributed by atoms with Gasteiger partial charge in [0.05, 0.1) is 0 Å². The van der Waals surface area contributed by atoms with Crippen molar-refractivity contribution in [3.63, 3.8) is 0 Å². The largest absolute Gasteiger partial charge is 0.194 e. The van der Waals surface area contributed by atoms with Crippen LogP contribution < -0.4 is 0 Å². The molecule has 88 valence electrons. The second-order valence-corrected chi connectivity index (χ2v) is 5.03. The molecule has 3 aromatic rings. The molecule has 3 rings (SSSR count). The lowest BCUT2D eigenvalue weighted by Crippen LogP contribution is -1.75. The predicted molar refractivity (Wildman–Crippen MR) is 75.1 cm³/mol. The Morgan fingerprint density at radius 1 is 0.722 bits per heavy atom. The van der Waals surface area contributed by atoms with Gasteiger partial charge in [-0.3, -0.25) is 0 Å². The van der Waals surface area contributed by atoms with Gasteiger partial charge in [-0.2, -0.15) is 4.39 Å². The summed E-state index contributed by atoms with van der Waals surface area (Å²) in [4.78, 5) is 0.965. The second-order valence-electron chi connectivity index (χ2n) is 4.03. The van der Waals surface area contributed by atoms with Gasteiger partial charge in [0.15, 0.2) is 5.13 Å². The molecule has 0 fully saturated rings. The summed E-state index contributed by atoms with van der Waals surface area (Å²) in [5.74, 6) is 0. The predicted octanol–water partition coefficient (Wildman–Crippen LogP) is 5.22. The SMILES string of the molecule is Fc1sc(-c2ccccc2)cc1-c1ccccc1. The number of thiophene rings is 1. The fourth-order valence-corrected chi connectivity index (χ4v) is 2.84. The Bertz CT molecular complexity index is 641. The Labute approximate surface area is 109 Å². The fourth-order valence-electron chi connectivity index (χ4n) is 1.93. The van der Waals surface area contributed by atoms with Gasteiger partial charge >= 0.3 is 0 Å². The van der Waals surface area contributed by atoms with Crippen LogP contribution in [0.3, 0.4) is 0 Å². The summed E-state index contributed by atoms with van der Waals surface area (Å²) in [5, 5.41) is -0.125. The molecule has 2 aromatic carbocycles. The van der Waals surface area contributed by atoms with Crippen LogP contribution in [0.15, 0.2) is 66.7 Å². The van der Waals surface area contributed by atoms with Crippen LogP contribution in [0, 0.1) is 5.13 Å². The van der Waals surface area contributed by atoms with Gasteiger partial charge in [-0.25, -0.2) is 0 Å². The quantitative estimate of drug-likeness (QED) is 0.588. The Balaban J connectivity index is 2.07. The summed E-state index contributed by atoms with van der Waals surface area (Å²) in [5.41, 5.74) is 2.66. The van der Waals surface area contributed by atoms with Crippen molar-refractivity contribution in [1.29, 1.82) is 0 Å². The minimum atomic E-state index is -0.125. The maximum absolute atomic E-state index is 14.0. The average molecular weight is 254 g/mol. The van der Waals surface area contributed by atoms with Crippen molar-refractivity contribution in [2.24, 2.45) is 0 Å². The highest BCUT2D eigenvalue weighted by Gasteiger charge is 2.11. The summed E-state index contributed by atoms with van der Waals surface area (Å²) in [7, 11) is 0. The summed E-state index contributed by atoms with van der Waals surface area (Å²) < 4.78 is 14.0. The van der Waals surface area contributed by atoms with Gasteiger partial charge in [0.2, 0.25) is 0 Å². The van der Waals surface area contributed by atoms with E-state index in [0.717, 1.165) is 16.0 Å². The standard InChI is InChI=1S/C16H11FS/c17-16-14(12-7-3-1-4-8-12)11-15(18-16)13-9-5-2-6-10-13/h1-11H. The molecule has 0 bridgehead atoms. The molecule has 0 amide bonds. The van der Waals surface area contributed by atoms with Crippen LogP contribution in [-0.4, -0.2) is 0 Å².